The Hall–Kier alpha value is -2.82. The van der Waals surface area contributed by atoms with Gasteiger partial charge >= 0.3 is 0 Å². The third kappa shape index (κ3) is 5.37. The van der Waals surface area contributed by atoms with E-state index in [1.54, 1.807) is 7.11 Å². The quantitative estimate of drug-likeness (QED) is 0.784. The lowest BCUT2D eigenvalue weighted by Gasteiger charge is -2.19. The summed E-state index contributed by atoms with van der Waals surface area (Å²) in [5, 5.41) is 3.05. The summed E-state index contributed by atoms with van der Waals surface area (Å²) in [6, 6.07) is 17.6. The lowest BCUT2D eigenvalue weighted by molar-refractivity contribution is -0.130. The van der Waals surface area contributed by atoms with Crippen molar-refractivity contribution in [3.05, 3.63) is 65.7 Å². The Labute approximate surface area is 173 Å². The Bertz CT molecular complexity index is 818. The maximum absolute atomic E-state index is 12.9. The lowest BCUT2D eigenvalue weighted by atomic mass is 9.88. The molecule has 154 valence electrons. The Morgan fingerprint density at radius 1 is 1.07 bits per heavy atom. The fourth-order valence-electron chi connectivity index (χ4n) is 3.78. The summed E-state index contributed by atoms with van der Waals surface area (Å²) in [4.78, 5) is 27.6. The second kappa shape index (κ2) is 9.59. The maximum Gasteiger partial charge on any atom is 0.227 e. The van der Waals surface area contributed by atoms with E-state index in [0.717, 1.165) is 16.9 Å². The number of methoxy groups -OCH3 is 1. The number of nitrogens with zero attached hydrogens (tertiary/aromatic N) is 1. The number of carbonyl (C=O) groups is 2. The van der Waals surface area contributed by atoms with Crippen molar-refractivity contribution in [1.82, 2.24) is 10.2 Å². The minimum atomic E-state index is -0.248. The highest BCUT2D eigenvalue weighted by atomic mass is 16.5. The van der Waals surface area contributed by atoms with Gasteiger partial charge in [0, 0.05) is 25.6 Å². The molecule has 0 aliphatic carbocycles. The fraction of sp³-hybridized carbons (Fsp3) is 0.417. The van der Waals surface area contributed by atoms with E-state index < -0.39 is 0 Å². The van der Waals surface area contributed by atoms with Gasteiger partial charge in [0.1, 0.15) is 5.75 Å². The lowest BCUT2D eigenvalue weighted by Crippen LogP contribution is -2.37. The summed E-state index contributed by atoms with van der Waals surface area (Å²) in [7, 11) is 1.64. The van der Waals surface area contributed by atoms with Gasteiger partial charge in [-0.2, -0.15) is 0 Å². The van der Waals surface area contributed by atoms with Crippen LogP contribution in [-0.4, -0.2) is 43.5 Å². The van der Waals surface area contributed by atoms with Gasteiger partial charge in [-0.15, -0.1) is 0 Å². The molecule has 1 saturated heterocycles. The zero-order valence-corrected chi connectivity index (χ0v) is 17.4. The molecule has 29 heavy (non-hydrogen) atoms. The Kier molecular flexibility index (Phi) is 6.91. The number of rotatable bonds is 7. The SMILES string of the molecule is COc1ccc([C@H]2CN(C(=O)Cc3ccccc3)C[C@@H]2C(=O)NCC(C)C)cc1. The summed E-state index contributed by atoms with van der Waals surface area (Å²) in [5.74, 6) is 0.984. The number of likely N-dealkylation sites (tertiary alicyclic amines) is 1. The van der Waals surface area contributed by atoms with E-state index in [1.807, 2.05) is 59.5 Å². The molecule has 1 heterocycles. The molecule has 2 aromatic carbocycles. The minimum Gasteiger partial charge on any atom is -0.497 e. The number of amides is 2. The predicted molar refractivity (Wildman–Crippen MR) is 114 cm³/mol. The number of nitrogens with one attached hydrogen (secondary N) is 1. The molecule has 5 nitrogen and oxygen atoms in total. The van der Waals surface area contributed by atoms with Crippen LogP contribution in [0.1, 0.15) is 30.9 Å². The number of carbonyl (C=O) groups excluding carboxylic acids is 2. The summed E-state index contributed by atoms with van der Waals surface area (Å²) in [6.07, 6.45) is 0.358. The van der Waals surface area contributed by atoms with E-state index in [4.69, 9.17) is 4.74 Å². The van der Waals surface area contributed by atoms with Crippen LogP contribution in [0.5, 0.6) is 5.75 Å². The van der Waals surface area contributed by atoms with Crippen LogP contribution >= 0.6 is 0 Å². The van der Waals surface area contributed by atoms with E-state index in [2.05, 4.69) is 19.2 Å². The van der Waals surface area contributed by atoms with Gasteiger partial charge in [-0.05, 0) is 29.2 Å². The highest BCUT2D eigenvalue weighted by molar-refractivity contribution is 5.84. The second-order valence-electron chi connectivity index (χ2n) is 8.09. The standard InChI is InChI=1S/C24H30N2O3/c1-17(2)14-25-24(28)22-16-26(23(27)13-18-7-5-4-6-8-18)15-21(22)19-9-11-20(29-3)12-10-19/h4-12,17,21-22H,13-16H2,1-3H3,(H,25,28)/t21-,22+/m1/s1. The molecule has 1 N–H and O–H groups in total. The second-order valence-corrected chi connectivity index (χ2v) is 8.09. The highest BCUT2D eigenvalue weighted by Crippen LogP contribution is 2.34. The van der Waals surface area contributed by atoms with Crippen molar-refractivity contribution < 1.29 is 14.3 Å². The number of ether oxygens (including phenoxy) is 1. The normalized spacial score (nSPS) is 18.7. The topological polar surface area (TPSA) is 58.6 Å². The van der Waals surface area contributed by atoms with Crippen LogP contribution in [0.3, 0.4) is 0 Å². The van der Waals surface area contributed by atoms with Crippen LogP contribution in [-0.2, 0) is 16.0 Å². The molecular weight excluding hydrogens is 364 g/mol. The van der Waals surface area contributed by atoms with Crippen LogP contribution in [0.15, 0.2) is 54.6 Å². The molecule has 1 fully saturated rings. The van der Waals surface area contributed by atoms with Crippen molar-refractivity contribution in [3.63, 3.8) is 0 Å². The third-order valence-corrected chi connectivity index (χ3v) is 5.44. The molecule has 2 aromatic rings. The smallest absolute Gasteiger partial charge is 0.227 e. The van der Waals surface area contributed by atoms with Gasteiger partial charge in [0.15, 0.2) is 0 Å². The largest absolute Gasteiger partial charge is 0.497 e. The molecule has 3 rings (SSSR count). The van der Waals surface area contributed by atoms with Crippen LogP contribution in [0.4, 0.5) is 0 Å². The van der Waals surface area contributed by atoms with Crippen LogP contribution < -0.4 is 10.1 Å². The summed E-state index contributed by atoms with van der Waals surface area (Å²) < 4.78 is 5.25. The summed E-state index contributed by atoms with van der Waals surface area (Å²) in [6.45, 7) is 5.80. The van der Waals surface area contributed by atoms with Crippen molar-refractivity contribution in [2.24, 2.45) is 11.8 Å². The first-order valence-corrected chi connectivity index (χ1v) is 10.2. The van der Waals surface area contributed by atoms with Crippen LogP contribution in [0.25, 0.3) is 0 Å². The third-order valence-electron chi connectivity index (χ3n) is 5.44. The van der Waals surface area contributed by atoms with Gasteiger partial charge in [0.2, 0.25) is 11.8 Å². The molecular formula is C24H30N2O3. The molecule has 2 atom stereocenters. The van der Waals surface area contributed by atoms with Gasteiger partial charge in [0.05, 0.1) is 19.4 Å². The average Bonchev–Trinajstić information content (AvgIpc) is 3.18. The van der Waals surface area contributed by atoms with E-state index in [9.17, 15) is 9.59 Å². The average molecular weight is 395 g/mol. The number of hydrogen-bond acceptors (Lipinski definition) is 3. The van der Waals surface area contributed by atoms with E-state index in [-0.39, 0.29) is 23.7 Å². The monoisotopic (exact) mass is 394 g/mol. The molecule has 0 aromatic heterocycles. The highest BCUT2D eigenvalue weighted by Gasteiger charge is 2.40. The van der Waals surface area contributed by atoms with Crippen molar-refractivity contribution >= 4 is 11.8 Å². The zero-order valence-electron chi connectivity index (χ0n) is 17.4. The van der Waals surface area contributed by atoms with Crippen molar-refractivity contribution in [1.29, 1.82) is 0 Å². The van der Waals surface area contributed by atoms with E-state index in [1.165, 1.54) is 0 Å². The fourth-order valence-corrected chi connectivity index (χ4v) is 3.78. The Morgan fingerprint density at radius 3 is 2.38 bits per heavy atom. The summed E-state index contributed by atoms with van der Waals surface area (Å²) in [5.41, 5.74) is 2.05. The van der Waals surface area contributed by atoms with Gasteiger partial charge in [-0.3, -0.25) is 9.59 Å². The van der Waals surface area contributed by atoms with Gasteiger partial charge in [0.25, 0.3) is 0 Å². The maximum atomic E-state index is 12.9. The van der Waals surface area contributed by atoms with Gasteiger partial charge < -0.3 is 15.0 Å². The van der Waals surface area contributed by atoms with E-state index in [0.29, 0.717) is 32.0 Å². The van der Waals surface area contributed by atoms with Crippen molar-refractivity contribution in [3.8, 4) is 5.75 Å². The number of hydrogen-bond donors (Lipinski definition) is 1. The van der Waals surface area contributed by atoms with E-state index >= 15 is 0 Å². The minimum absolute atomic E-state index is 0.0206. The molecule has 1 aliphatic rings. The molecule has 2 amide bonds. The van der Waals surface area contributed by atoms with Gasteiger partial charge in [-0.1, -0.05) is 56.3 Å². The molecule has 5 heteroatoms. The molecule has 0 spiro atoms. The first-order chi connectivity index (χ1) is 14.0. The molecule has 0 saturated carbocycles. The first-order valence-electron chi connectivity index (χ1n) is 10.2. The van der Waals surface area contributed by atoms with Crippen LogP contribution in [0.2, 0.25) is 0 Å². The molecule has 1 aliphatic heterocycles. The van der Waals surface area contributed by atoms with Crippen molar-refractivity contribution in [2.45, 2.75) is 26.2 Å². The zero-order chi connectivity index (χ0) is 20.8. The Morgan fingerprint density at radius 2 is 1.76 bits per heavy atom. The molecule has 0 unspecified atom stereocenters. The van der Waals surface area contributed by atoms with Crippen molar-refractivity contribution in [2.75, 3.05) is 26.7 Å². The van der Waals surface area contributed by atoms with Gasteiger partial charge in [-0.25, -0.2) is 0 Å². The Balaban J connectivity index is 1.77. The summed E-state index contributed by atoms with van der Waals surface area (Å²) >= 11 is 0. The van der Waals surface area contributed by atoms with Crippen LogP contribution in [0, 0.1) is 11.8 Å². The predicted octanol–water partition coefficient (Wildman–Crippen LogP) is 3.25. The number of benzene rings is 2. The molecule has 0 radical (unpaired) electrons. The first kappa shape index (κ1) is 20.9. The molecule has 0 bridgehead atoms.